The highest BCUT2D eigenvalue weighted by molar-refractivity contribution is 5.87. The van der Waals surface area contributed by atoms with Crippen LogP contribution < -0.4 is 0 Å². The van der Waals surface area contributed by atoms with Gasteiger partial charge in [0, 0.05) is 12.8 Å². The number of carboxylic acid groups (broad SMARTS) is 2. The summed E-state index contributed by atoms with van der Waals surface area (Å²) >= 11 is 0. The van der Waals surface area contributed by atoms with Gasteiger partial charge in [0.15, 0.2) is 0 Å². The van der Waals surface area contributed by atoms with Crippen molar-refractivity contribution >= 4 is 23.9 Å². The van der Waals surface area contributed by atoms with Gasteiger partial charge in [-0.1, -0.05) is 167 Å². The zero-order valence-corrected chi connectivity index (χ0v) is 30.9. The van der Waals surface area contributed by atoms with Gasteiger partial charge in [0.05, 0.1) is 0 Å². The van der Waals surface area contributed by atoms with Crippen molar-refractivity contribution in [2.24, 2.45) is 0 Å². The van der Waals surface area contributed by atoms with E-state index in [1.54, 1.807) is 0 Å². The van der Waals surface area contributed by atoms with Gasteiger partial charge < -0.3 is 19.7 Å². The number of aliphatic carboxylic acids is 2. The minimum atomic E-state index is -2.08. The molecule has 0 rings (SSSR count). The van der Waals surface area contributed by atoms with Crippen LogP contribution in [0.25, 0.3) is 0 Å². The fourth-order valence-corrected chi connectivity index (χ4v) is 5.87. The fraction of sp³-hybridized carbons (Fsp3) is 0.850. The van der Waals surface area contributed by atoms with E-state index in [1.807, 2.05) is 0 Å². The number of carbonyl (C=O) groups excluding carboxylic acids is 2. The van der Waals surface area contributed by atoms with Gasteiger partial charge >= 0.3 is 23.9 Å². The van der Waals surface area contributed by atoms with Crippen molar-refractivity contribution in [3.63, 3.8) is 0 Å². The molecule has 0 spiro atoms. The lowest BCUT2D eigenvalue weighted by molar-refractivity contribution is -0.187. The van der Waals surface area contributed by atoms with Crippen LogP contribution >= 0.6 is 0 Å². The Hall–Kier alpha value is -2.38. The average Bonchev–Trinajstić information content (AvgIpc) is 3.06. The van der Waals surface area contributed by atoms with Crippen LogP contribution in [-0.2, 0) is 28.7 Å². The summed E-state index contributed by atoms with van der Waals surface area (Å²) in [5.74, 6) is -4.90. The van der Waals surface area contributed by atoms with Crippen LogP contribution in [0.5, 0.6) is 0 Å². The van der Waals surface area contributed by atoms with E-state index in [0.29, 0.717) is 12.8 Å². The Morgan fingerprint density at radius 2 is 0.667 bits per heavy atom. The number of carbonyl (C=O) groups is 4. The molecule has 0 amide bonds. The zero-order valence-electron chi connectivity index (χ0n) is 30.9. The molecule has 0 saturated heterocycles. The number of hydrogen-bond donors (Lipinski definition) is 2. The number of allylic oxidation sites excluding steroid dienone is 2. The largest absolute Gasteiger partial charge is 0.478 e. The second kappa shape index (κ2) is 34.5. The molecular weight excluding hydrogens is 608 g/mol. The Balaban J connectivity index is 4.04. The first-order chi connectivity index (χ1) is 23.3. The Labute approximate surface area is 293 Å². The third kappa shape index (κ3) is 29.7. The normalized spacial score (nSPS) is 12.6. The summed E-state index contributed by atoms with van der Waals surface area (Å²) in [5.41, 5.74) is 0. The average molecular weight is 681 g/mol. The number of rotatable bonds is 36. The molecule has 8 nitrogen and oxygen atoms in total. The maximum absolute atomic E-state index is 12.3. The Kier molecular flexibility index (Phi) is 32.8. The van der Waals surface area contributed by atoms with Gasteiger partial charge in [0.25, 0.3) is 0 Å². The van der Waals surface area contributed by atoms with Crippen LogP contribution in [0.2, 0.25) is 0 Å². The lowest BCUT2D eigenvalue weighted by Crippen LogP contribution is -2.45. The van der Waals surface area contributed by atoms with E-state index in [1.165, 1.54) is 109 Å². The van der Waals surface area contributed by atoms with Crippen LogP contribution in [0.15, 0.2) is 12.2 Å². The number of unbranched alkanes of at least 4 members (excludes halogenated alkanes) is 25. The van der Waals surface area contributed by atoms with Crippen LogP contribution in [0, 0.1) is 0 Å². The molecule has 2 unspecified atom stereocenters. The maximum Gasteiger partial charge on any atom is 0.349 e. The Morgan fingerprint density at radius 3 is 0.938 bits per heavy atom. The molecule has 0 heterocycles. The number of carboxylic acids is 2. The van der Waals surface area contributed by atoms with Crippen molar-refractivity contribution in [3.8, 4) is 0 Å². The molecule has 0 aromatic carbocycles. The molecule has 0 bridgehead atoms. The van der Waals surface area contributed by atoms with E-state index in [4.69, 9.17) is 9.47 Å². The molecule has 280 valence electrons. The molecule has 0 aliphatic rings. The van der Waals surface area contributed by atoms with Crippen LogP contribution in [0.3, 0.4) is 0 Å². The van der Waals surface area contributed by atoms with Gasteiger partial charge in [0.2, 0.25) is 12.2 Å². The smallest absolute Gasteiger partial charge is 0.349 e. The molecule has 0 aliphatic heterocycles. The predicted molar refractivity (Wildman–Crippen MR) is 194 cm³/mol. The maximum atomic E-state index is 12.3. The monoisotopic (exact) mass is 681 g/mol. The van der Waals surface area contributed by atoms with Crippen LogP contribution in [-0.4, -0.2) is 46.3 Å². The molecule has 0 saturated carbocycles. The molecule has 0 fully saturated rings. The van der Waals surface area contributed by atoms with Gasteiger partial charge in [-0.05, 0) is 38.5 Å². The fourth-order valence-electron chi connectivity index (χ4n) is 5.87. The molecule has 2 atom stereocenters. The predicted octanol–water partition coefficient (Wildman–Crippen LogP) is 11.3. The second-order valence-electron chi connectivity index (χ2n) is 13.5. The molecule has 0 radical (unpaired) electrons. The number of hydrogen-bond acceptors (Lipinski definition) is 6. The highest BCUT2D eigenvalue weighted by atomic mass is 16.6. The minimum Gasteiger partial charge on any atom is -0.478 e. The molecule has 48 heavy (non-hydrogen) atoms. The Bertz CT molecular complexity index is 824. The summed E-state index contributed by atoms with van der Waals surface area (Å²) in [6.07, 6.45) is 32.6. The van der Waals surface area contributed by atoms with Gasteiger partial charge in [0.1, 0.15) is 0 Å². The van der Waals surface area contributed by atoms with Crippen LogP contribution in [0.1, 0.15) is 206 Å². The molecule has 8 heteroatoms. The van der Waals surface area contributed by atoms with Crippen molar-refractivity contribution in [1.82, 2.24) is 0 Å². The molecular formula is C40H72O8. The first kappa shape index (κ1) is 45.6. The van der Waals surface area contributed by atoms with Crippen molar-refractivity contribution in [1.29, 1.82) is 0 Å². The van der Waals surface area contributed by atoms with E-state index in [9.17, 15) is 29.4 Å². The van der Waals surface area contributed by atoms with Crippen molar-refractivity contribution in [2.45, 2.75) is 219 Å². The minimum absolute atomic E-state index is 0.00274. The summed E-state index contributed by atoms with van der Waals surface area (Å²) in [4.78, 5) is 48.1. The van der Waals surface area contributed by atoms with E-state index >= 15 is 0 Å². The van der Waals surface area contributed by atoms with Crippen molar-refractivity contribution in [3.05, 3.63) is 12.2 Å². The highest BCUT2D eigenvalue weighted by Crippen LogP contribution is 2.16. The molecule has 0 aliphatic carbocycles. The number of esters is 2. The summed E-state index contributed by atoms with van der Waals surface area (Å²) in [6.45, 7) is 4.47. The first-order valence-corrected chi connectivity index (χ1v) is 19.8. The third-order valence-corrected chi connectivity index (χ3v) is 8.91. The van der Waals surface area contributed by atoms with Crippen LogP contribution in [0.4, 0.5) is 0 Å². The highest BCUT2D eigenvalue weighted by Gasteiger charge is 2.40. The molecule has 0 aromatic heterocycles. The van der Waals surface area contributed by atoms with Gasteiger partial charge in [-0.15, -0.1) is 0 Å². The van der Waals surface area contributed by atoms with Crippen molar-refractivity contribution < 1.29 is 38.9 Å². The van der Waals surface area contributed by atoms with E-state index in [0.717, 1.165) is 57.8 Å². The van der Waals surface area contributed by atoms with E-state index < -0.39 is 36.1 Å². The van der Waals surface area contributed by atoms with E-state index in [2.05, 4.69) is 26.0 Å². The summed E-state index contributed by atoms with van der Waals surface area (Å²) in [6, 6.07) is 0. The van der Waals surface area contributed by atoms with Crippen molar-refractivity contribution in [2.75, 3.05) is 0 Å². The quantitative estimate of drug-likeness (QED) is 0.0380. The molecule has 0 aromatic rings. The summed E-state index contributed by atoms with van der Waals surface area (Å²) < 4.78 is 9.97. The lowest BCUT2D eigenvalue weighted by atomic mass is 10.0. The number of ether oxygens (including phenoxy) is 2. The SMILES string of the molecule is CCCCCCCC/C=C\CCCCCCCC(=O)OC(C(=O)O)C(OC(=O)CCCCCCCCCCCCCCCCC)C(=O)O. The van der Waals surface area contributed by atoms with Gasteiger partial charge in [-0.3, -0.25) is 9.59 Å². The van der Waals surface area contributed by atoms with Gasteiger partial charge in [-0.2, -0.15) is 0 Å². The second-order valence-corrected chi connectivity index (χ2v) is 13.5. The Morgan fingerprint density at radius 1 is 0.417 bits per heavy atom. The molecule has 2 N–H and O–H groups in total. The topological polar surface area (TPSA) is 127 Å². The third-order valence-electron chi connectivity index (χ3n) is 8.91. The zero-order chi connectivity index (χ0) is 35.5. The summed E-state index contributed by atoms with van der Waals surface area (Å²) in [7, 11) is 0. The van der Waals surface area contributed by atoms with Gasteiger partial charge in [-0.25, -0.2) is 9.59 Å². The summed E-state index contributed by atoms with van der Waals surface area (Å²) in [5, 5.41) is 19.1. The lowest BCUT2D eigenvalue weighted by Gasteiger charge is -2.21. The first-order valence-electron chi connectivity index (χ1n) is 19.8. The standard InChI is InChI=1S/C40H72O8/c1-3-5-7-9-11-13-15-17-19-21-23-25-27-29-31-33-35(41)47-37(39(43)44)38(40(45)46)48-36(42)34-32-30-28-26-24-22-20-18-16-14-12-10-8-6-4-2/h17,19,37-38H,3-16,18,20-34H2,1-2H3,(H,43,44)(H,45,46)/b19-17-. The van der Waals surface area contributed by atoms with E-state index in [-0.39, 0.29) is 12.8 Å².